The number of hydrogen-bond acceptors (Lipinski definition) is 5. The molecule has 0 bridgehead atoms. The highest BCUT2D eigenvalue weighted by Gasteiger charge is 2.47. The maximum absolute atomic E-state index is 11.4. The fraction of sp³-hybridized carbons (Fsp3) is 0.667. The van der Waals surface area contributed by atoms with E-state index in [2.05, 4.69) is 33.2 Å². The number of carbonyl (C=O) groups is 1. The third kappa shape index (κ3) is 12.6. The minimum absolute atomic E-state index is 0.234. The van der Waals surface area contributed by atoms with Crippen LogP contribution < -0.4 is 0 Å². The number of unbranched alkanes of at least 4 members (excludes halogenated alkanes) is 5. The lowest BCUT2D eigenvalue weighted by atomic mass is 10.1. The van der Waals surface area contributed by atoms with E-state index in [0.717, 1.165) is 25.2 Å². The Morgan fingerprint density at radius 1 is 0.793 bits per heavy atom. The first kappa shape index (κ1) is 28.4. The van der Waals surface area contributed by atoms with E-state index in [1.54, 1.807) is 17.9 Å². The molecule has 0 N–H and O–H groups in total. The molecule has 0 aliphatic rings. The first-order chi connectivity index (χ1) is 13.7. The van der Waals surface area contributed by atoms with Gasteiger partial charge >= 0.3 is 25.7 Å². The zero-order chi connectivity index (χ0) is 22.2. The molecule has 0 aliphatic carbocycles. The SMILES string of the molecule is C=CCO[Si](C)(C=C)O[Si](C)(CC=O)O[Si](C)(CCCCCCCC)OCC=C. The van der Waals surface area contributed by atoms with Crippen molar-refractivity contribution in [3.8, 4) is 0 Å². The molecule has 0 saturated carbocycles. The van der Waals surface area contributed by atoms with Gasteiger partial charge in [0.15, 0.2) is 0 Å². The highest BCUT2D eigenvalue weighted by molar-refractivity contribution is 6.88. The topological polar surface area (TPSA) is 54.0 Å². The van der Waals surface area contributed by atoms with Crippen LogP contribution in [0.15, 0.2) is 37.6 Å². The van der Waals surface area contributed by atoms with Crippen molar-refractivity contribution in [2.45, 2.75) is 77.2 Å². The van der Waals surface area contributed by atoms with E-state index in [9.17, 15) is 4.79 Å². The Kier molecular flexibility index (Phi) is 14.9. The zero-order valence-electron chi connectivity index (χ0n) is 19.0. The van der Waals surface area contributed by atoms with Crippen LogP contribution in [-0.4, -0.2) is 45.2 Å². The summed E-state index contributed by atoms with van der Waals surface area (Å²) in [6.07, 6.45) is 11.6. The molecule has 8 heteroatoms. The van der Waals surface area contributed by atoms with Crippen molar-refractivity contribution in [2.75, 3.05) is 13.2 Å². The summed E-state index contributed by atoms with van der Waals surface area (Å²) in [7, 11) is -8.08. The van der Waals surface area contributed by atoms with Gasteiger partial charge in [-0.05, 0) is 25.7 Å². The molecule has 3 unspecified atom stereocenters. The smallest absolute Gasteiger partial charge is 0.352 e. The highest BCUT2D eigenvalue weighted by Crippen LogP contribution is 2.28. The second-order valence-electron chi connectivity index (χ2n) is 7.78. The first-order valence-corrected chi connectivity index (χ1v) is 18.1. The standard InChI is InChI=1S/C21H42O5Si3/c1-8-12-13-14-15-16-20-28(6,24-19-10-3)26-29(7,21-17-22)25-27(5,11-4)23-18-9-2/h9-11,17H,2-4,8,12-16,18-21H2,1,5-7H3. The van der Waals surface area contributed by atoms with Gasteiger partial charge in [-0.15, -0.1) is 19.7 Å². The molecule has 0 rings (SSSR count). The molecular weight excluding hydrogens is 416 g/mol. The van der Waals surface area contributed by atoms with Gasteiger partial charge in [-0.2, -0.15) is 0 Å². The Morgan fingerprint density at radius 2 is 1.38 bits per heavy atom. The average molecular weight is 459 g/mol. The average Bonchev–Trinajstić information content (AvgIpc) is 2.67. The predicted octanol–water partition coefficient (Wildman–Crippen LogP) is 5.93. The van der Waals surface area contributed by atoms with E-state index in [1.807, 2.05) is 13.1 Å². The normalized spacial score (nSPS) is 17.5. The lowest BCUT2D eigenvalue weighted by Crippen LogP contribution is -2.57. The summed E-state index contributed by atoms with van der Waals surface area (Å²) in [5, 5.41) is 0. The van der Waals surface area contributed by atoms with Gasteiger partial charge in [0.05, 0.1) is 13.2 Å². The van der Waals surface area contributed by atoms with Crippen LogP contribution in [0.1, 0.15) is 45.4 Å². The van der Waals surface area contributed by atoms with Gasteiger partial charge in [-0.25, -0.2) is 0 Å². The molecule has 0 aromatic rings. The molecule has 0 heterocycles. The van der Waals surface area contributed by atoms with Crippen LogP contribution in [0.5, 0.6) is 0 Å². The Morgan fingerprint density at radius 3 is 1.93 bits per heavy atom. The van der Waals surface area contributed by atoms with Crippen LogP contribution in [0.4, 0.5) is 0 Å². The summed E-state index contributed by atoms with van der Waals surface area (Å²) in [6.45, 7) is 20.3. The van der Waals surface area contributed by atoms with E-state index in [4.69, 9.17) is 17.1 Å². The summed E-state index contributed by atoms with van der Waals surface area (Å²) in [6, 6.07) is 1.11. The molecule has 3 atom stereocenters. The van der Waals surface area contributed by atoms with Crippen molar-refractivity contribution in [1.82, 2.24) is 0 Å². The van der Waals surface area contributed by atoms with Crippen LogP contribution in [0.2, 0.25) is 31.7 Å². The van der Waals surface area contributed by atoms with Gasteiger partial charge in [-0.1, -0.05) is 63.3 Å². The molecule has 0 aliphatic heterocycles. The molecular formula is C21H42O5Si3. The molecule has 0 amide bonds. The minimum atomic E-state index is -2.86. The molecule has 5 nitrogen and oxygen atoms in total. The number of aldehydes is 1. The van der Waals surface area contributed by atoms with E-state index in [0.29, 0.717) is 13.2 Å². The van der Waals surface area contributed by atoms with Crippen LogP contribution in [0, 0.1) is 0 Å². The largest absolute Gasteiger partial charge is 0.415 e. The van der Waals surface area contributed by atoms with Crippen molar-refractivity contribution in [3.05, 3.63) is 37.6 Å². The summed E-state index contributed by atoms with van der Waals surface area (Å²) in [5.74, 6) is 0. The second-order valence-corrected chi connectivity index (χ2v) is 17.9. The van der Waals surface area contributed by atoms with Crippen molar-refractivity contribution >= 4 is 32.0 Å². The first-order valence-electron chi connectivity index (χ1n) is 10.7. The van der Waals surface area contributed by atoms with Gasteiger partial charge in [0.25, 0.3) is 0 Å². The summed E-state index contributed by atoms with van der Waals surface area (Å²) >= 11 is 0. The van der Waals surface area contributed by atoms with Crippen molar-refractivity contribution in [1.29, 1.82) is 0 Å². The van der Waals surface area contributed by atoms with E-state index in [-0.39, 0.29) is 6.04 Å². The van der Waals surface area contributed by atoms with Crippen LogP contribution >= 0.6 is 0 Å². The Bertz CT molecular complexity index is 505. The fourth-order valence-electron chi connectivity index (χ4n) is 3.11. The lowest BCUT2D eigenvalue weighted by molar-refractivity contribution is -0.106. The van der Waals surface area contributed by atoms with Crippen LogP contribution in [0.25, 0.3) is 0 Å². The molecule has 0 aromatic heterocycles. The molecule has 0 saturated heterocycles. The molecule has 0 spiro atoms. The van der Waals surface area contributed by atoms with Gasteiger partial charge in [0, 0.05) is 6.04 Å². The molecule has 0 radical (unpaired) electrons. The second kappa shape index (κ2) is 15.2. The number of carbonyl (C=O) groups excluding carboxylic acids is 1. The highest BCUT2D eigenvalue weighted by atomic mass is 28.5. The van der Waals surface area contributed by atoms with E-state index >= 15 is 0 Å². The van der Waals surface area contributed by atoms with Gasteiger partial charge in [0.2, 0.25) is 0 Å². The fourth-order valence-corrected chi connectivity index (χ4v) is 15.0. The number of rotatable bonds is 20. The maximum atomic E-state index is 11.4. The molecule has 0 aromatic carbocycles. The Balaban J connectivity index is 5.23. The van der Waals surface area contributed by atoms with Crippen molar-refractivity contribution < 1.29 is 21.9 Å². The van der Waals surface area contributed by atoms with Crippen LogP contribution in [0.3, 0.4) is 0 Å². The molecule has 168 valence electrons. The van der Waals surface area contributed by atoms with Crippen molar-refractivity contribution in [2.24, 2.45) is 0 Å². The lowest BCUT2D eigenvalue weighted by Gasteiger charge is -2.40. The monoisotopic (exact) mass is 458 g/mol. The van der Waals surface area contributed by atoms with Gasteiger partial charge < -0.3 is 21.9 Å². The van der Waals surface area contributed by atoms with E-state index in [1.165, 1.54) is 25.7 Å². The summed E-state index contributed by atoms with van der Waals surface area (Å²) in [4.78, 5) is 11.4. The third-order valence-electron chi connectivity index (χ3n) is 4.65. The summed E-state index contributed by atoms with van der Waals surface area (Å²) in [5.41, 5.74) is 1.73. The zero-order valence-corrected chi connectivity index (χ0v) is 22.0. The Hall–Kier alpha value is -0.619. The maximum Gasteiger partial charge on any atom is 0.352 e. The van der Waals surface area contributed by atoms with Crippen molar-refractivity contribution in [3.63, 3.8) is 0 Å². The molecule has 0 fully saturated rings. The summed E-state index contributed by atoms with van der Waals surface area (Å²) < 4.78 is 25.1. The van der Waals surface area contributed by atoms with Gasteiger partial charge in [-0.3, -0.25) is 0 Å². The third-order valence-corrected chi connectivity index (χ3v) is 15.9. The van der Waals surface area contributed by atoms with Crippen LogP contribution in [-0.2, 0) is 21.9 Å². The Labute approximate surface area is 181 Å². The molecule has 29 heavy (non-hydrogen) atoms. The minimum Gasteiger partial charge on any atom is -0.415 e. The quantitative estimate of drug-likeness (QED) is 0.0980. The number of hydrogen-bond donors (Lipinski definition) is 0. The predicted molar refractivity (Wildman–Crippen MR) is 129 cm³/mol. The van der Waals surface area contributed by atoms with Gasteiger partial charge in [0.1, 0.15) is 6.29 Å². The van der Waals surface area contributed by atoms with E-state index < -0.39 is 25.7 Å².